The normalized spacial score (nSPS) is 16.0. The van der Waals surface area contributed by atoms with Crippen LogP contribution in [0.3, 0.4) is 0 Å². The number of nitrogens with zero attached hydrogens (tertiary/aromatic N) is 1. The van der Waals surface area contributed by atoms with Crippen LogP contribution in [0.4, 0.5) is 0 Å². The van der Waals surface area contributed by atoms with Gasteiger partial charge in [0, 0.05) is 5.56 Å². The number of rotatable bonds is 6. The number of aromatic hydroxyl groups is 1. The molecule has 0 saturated carbocycles. The Morgan fingerprint density at radius 1 is 1.09 bits per heavy atom. The van der Waals surface area contributed by atoms with E-state index in [1.54, 1.807) is 50.2 Å². The van der Waals surface area contributed by atoms with Crippen molar-refractivity contribution in [1.82, 2.24) is 0 Å². The number of halogens is 1. The summed E-state index contributed by atoms with van der Waals surface area (Å²) in [5.41, 5.74) is 0.278. The number of aliphatic hydroxyl groups is 1. The molecule has 2 N–H and O–H groups in total. The van der Waals surface area contributed by atoms with Gasteiger partial charge in [-0.25, -0.2) is 9.79 Å². The first-order chi connectivity index (χ1) is 15.4. The number of hydrogen-bond acceptors (Lipinski definition) is 7. The third kappa shape index (κ3) is 4.98. The molecule has 2 aromatic carbocycles. The first-order valence-corrected chi connectivity index (χ1v) is 10.9. The molecule has 1 heterocycles. The average molecular weight is 474 g/mol. The number of esters is 1. The van der Waals surface area contributed by atoms with E-state index in [1.807, 2.05) is 0 Å². The lowest BCUT2D eigenvalue weighted by Gasteiger charge is -2.08. The highest BCUT2D eigenvalue weighted by atomic mass is 35.5. The van der Waals surface area contributed by atoms with E-state index >= 15 is 0 Å². The zero-order valence-electron chi connectivity index (χ0n) is 17.3. The fourth-order valence-electron chi connectivity index (χ4n) is 2.85. The van der Waals surface area contributed by atoms with Gasteiger partial charge in [0.15, 0.2) is 11.5 Å². The Bertz CT molecular complexity index is 1150. The van der Waals surface area contributed by atoms with Crippen LogP contribution >= 0.6 is 23.4 Å². The van der Waals surface area contributed by atoms with Crippen LogP contribution in [0, 0.1) is 0 Å². The van der Waals surface area contributed by atoms with E-state index < -0.39 is 17.6 Å². The maximum atomic E-state index is 12.7. The van der Waals surface area contributed by atoms with Gasteiger partial charge < -0.3 is 19.7 Å². The summed E-state index contributed by atoms with van der Waals surface area (Å²) in [7, 11) is 0. The molecule has 166 valence electrons. The molecule has 1 aliphatic heterocycles. The zero-order chi connectivity index (χ0) is 23.3. The Labute approximate surface area is 194 Å². The third-order valence-corrected chi connectivity index (χ3v) is 5.64. The minimum Gasteiger partial charge on any atom is -0.506 e. The molecule has 0 aromatic heterocycles. The fourth-order valence-corrected chi connectivity index (χ4v) is 4.07. The molecule has 0 bridgehead atoms. The highest BCUT2D eigenvalue weighted by Gasteiger charge is 2.34. The molecule has 0 fully saturated rings. The van der Waals surface area contributed by atoms with Crippen LogP contribution < -0.4 is 4.74 Å². The predicted octanol–water partition coefficient (Wildman–Crippen LogP) is 5.15. The number of thioether (sulfide) groups is 1. The first kappa shape index (κ1) is 23.4. The first-order valence-electron chi connectivity index (χ1n) is 9.70. The van der Waals surface area contributed by atoms with Crippen molar-refractivity contribution < 1.29 is 29.3 Å². The second-order valence-electron chi connectivity index (χ2n) is 6.38. The number of phenolic OH excluding ortho intramolecular Hbond substituents is 1. The van der Waals surface area contributed by atoms with Crippen LogP contribution in [-0.2, 0) is 9.53 Å². The van der Waals surface area contributed by atoms with E-state index in [1.165, 1.54) is 12.1 Å². The highest BCUT2D eigenvalue weighted by molar-refractivity contribution is 8.18. The third-order valence-electron chi connectivity index (χ3n) is 4.29. The van der Waals surface area contributed by atoms with Gasteiger partial charge in [0.2, 0.25) is 0 Å². The Kier molecular flexibility index (Phi) is 7.61. The van der Waals surface area contributed by atoms with Gasteiger partial charge in [0.25, 0.3) is 5.91 Å². The smallest absolute Gasteiger partial charge is 0.344 e. The Morgan fingerprint density at radius 3 is 2.53 bits per heavy atom. The molecule has 0 saturated heterocycles. The monoisotopic (exact) mass is 473 g/mol. The number of carbonyl (C=O) groups excluding carboxylic acids is 2. The van der Waals surface area contributed by atoms with Crippen molar-refractivity contribution in [3.05, 3.63) is 74.9 Å². The van der Waals surface area contributed by atoms with Gasteiger partial charge in [-0.3, -0.25) is 4.79 Å². The molecule has 9 heteroatoms. The van der Waals surface area contributed by atoms with Crippen molar-refractivity contribution in [3.63, 3.8) is 0 Å². The predicted molar refractivity (Wildman–Crippen MR) is 124 cm³/mol. The quantitative estimate of drug-likeness (QED) is 0.559. The standard InChI is InChI=1S/C23H20ClNO6S/c1-3-30-16-11-7-8-13(19(16)26)12-17-20(27)18(23(29)31-4-2)22(32-17)25-21(28)14-9-5-6-10-15(14)24/h5-12,26-27H,3-4H2,1-2H3/b17-12-,25-22?. The molecule has 0 unspecified atom stereocenters. The van der Waals surface area contributed by atoms with Gasteiger partial charge in [-0.1, -0.05) is 47.6 Å². The summed E-state index contributed by atoms with van der Waals surface area (Å²) in [5.74, 6) is -1.73. The van der Waals surface area contributed by atoms with Crippen LogP contribution in [0.25, 0.3) is 6.08 Å². The van der Waals surface area contributed by atoms with Crippen molar-refractivity contribution in [2.75, 3.05) is 13.2 Å². The molecule has 32 heavy (non-hydrogen) atoms. The SMILES string of the molecule is CCOC(=O)C1=C(O)/C(=C/c2cccc(OCC)c2O)SC1=NC(=O)c1ccccc1Cl. The summed E-state index contributed by atoms with van der Waals surface area (Å²) in [6.07, 6.45) is 1.47. The fraction of sp³-hybridized carbons (Fsp3) is 0.174. The lowest BCUT2D eigenvalue weighted by Crippen LogP contribution is -2.14. The minimum absolute atomic E-state index is 0.0300. The molecule has 1 amide bonds. The van der Waals surface area contributed by atoms with Crippen LogP contribution in [0.1, 0.15) is 29.8 Å². The van der Waals surface area contributed by atoms with Gasteiger partial charge in [-0.15, -0.1) is 0 Å². The lowest BCUT2D eigenvalue weighted by molar-refractivity contribution is -0.138. The number of aliphatic imine (C=N–C) groups is 1. The van der Waals surface area contributed by atoms with E-state index in [2.05, 4.69) is 4.99 Å². The molecule has 0 radical (unpaired) electrons. The van der Waals surface area contributed by atoms with Gasteiger partial charge in [0.05, 0.1) is 28.7 Å². The molecule has 2 aromatic rings. The van der Waals surface area contributed by atoms with Crippen LogP contribution in [0.15, 0.2) is 63.7 Å². The van der Waals surface area contributed by atoms with E-state index in [4.69, 9.17) is 21.1 Å². The Balaban J connectivity index is 2.05. The maximum absolute atomic E-state index is 12.7. The minimum atomic E-state index is -0.820. The van der Waals surface area contributed by atoms with Crippen LogP contribution in [-0.4, -0.2) is 40.3 Å². The number of phenols is 1. The number of carbonyl (C=O) groups is 2. The second-order valence-corrected chi connectivity index (χ2v) is 7.82. The highest BCUT2D eigenvalue weighted by Crippen LogP contribution is 2.41. The molecule has 0 spiro atoms. The van der Waals surface area contributed by atoms with Crippen molar-refractivity contribution in [3.8, 4) is 11.5 Å². The number of aliphatic hydroxyl groups excluding tert-OH is 1. The van der Waals surface area contributed by atoms with E-state index in [0.29, 0.717) is 12.2 Å². The number of para-hydroxylation sites is 1. The van der Waals surface area contributed by atoms with Crippen molar-refractivity contribution in [2.45, 2.75) is 13.8 Å². The number of hydrogen-bond donors (Lipinski definition) is 2. The van der Waals surface area contributed by atoms with Crippen LogP contribution in [0.5, 0.6) is 11.5 Å². The zero-order valence-corrected chi connectivity index (χ0v) is 18.9. The summed E-state index contributed by atoms with van der Waals surface area (Å²) in [6.45, 7) is 3.84. The summed E-state index contributed by atoms with van der Waals surface area (Å²) in [5, 5.41) is 21.4. The largest absolute Gasteiger partial charge is 0.506 e. The average Bonchev–Trinajstić information content (AvgIpc) is 3.06. The molecular formula is C23H20ClNO6S. The van der Waals surface area contributed by atoms with Crippen molar-refractivity contribution in [1.29, 1.82) is 0 Å². The molecule has 3 rings (SSSR count). The topological polar surface area (TPSA) is 105 Å². The van der Waals surface area contributed by atoms with E-state index in [0.717, 1.165) is 11.8 Å². The number of benzene rings is 2. The second kappa shape index (κ2) is 10.4. The van der Waals surface area contributed by atoms with Crippen LogP contribution in [0.2, 0.25) is 5.02 Å². The number of ether oxygens (including phenoxy) is 2. The van der Waals surface area contributed by atoms with E-state index in [-0.39, 0.29) is 44.2 Å². The van der Waals surface area contributed by atoms with Gasteiger partial charge >= 0.3 is 5.97 Å². The molecule has 7 nitrogen and oxygen atoms in total. The summed E-state index contributed by atoms with van der Waals surface area (Å²) in [6, 6.07) is 11.3. The number of amides is 1. The van der Waals surface area contributed by atoms with Gasteiger partial charge in [0.1, 0.15) is 16.4 Å². The summed E-state index contributed by atoms with van der Waals surface area (Å²) >= 11 is 6.98. The lowest BCUT2D eigenvalue weighted by atomic mass is 10.1. The molecule has 0 aliphatic carbocycles. The maximum Gasteiger partial charge on any atom is 0.344 e. The van der Waals surface area contributed by atoms with Crippen molar-refractivity contribution in [2.24, 2.45) is 4.99 Å². The van der Waals surface area contributed by atoms with Gasteiger partial charge in [-0.05, 0) is 38.1 Å². The molecular weight excluding hydrogens is 454 g/mol. The Hall–Kier alpha value is -3.23. The molecule has 0 atom stereocenters. The Morgan fingerprint density at radius 2 is 1.84 bits per heavy atom. The molecule has 1 aliphatic rings. The summed E-state index contributed by atoms with van der Waals surface area (Å²) < 4.78 is 10.4. The van der Waals surface area contributed by atoms with Crippen molar-refractivity contribution >= 4 is 46.4 Å². The van der Waals surface area contributed by atoms with Gasteiger partial charge in [-0.2, -0.15) is 0 Å². The van der Waals surface area contributed by atoms with E-state index in [9.17, 15) is 19.8 Å². The summed E-state index contributed by atoms with van der Waals surface area (Å²) in [4.78, 5) is 29.4.